The van der Waals surface area contributed by atoms with Crippen LogP contribution in [0.25, 0.3) is 0 Å². The molecule has 1 aliphatic heterocycles. The van der Waals surface area contributed by atoms with Crippen LogP contribution in [0.1, 0.15) is 81.5 Å². The first kappa shape index (κ1) is 25.2. The van der Waals surface area contributed by atoms with E-state index in [4.69, 9.17) is 14.5 Å². The van der Waals surface area contributed by atoms with Gasteiger partial charge < -0.3 is 14.4 Å². The molecule has 2 heterocycles. The highest BCUT2D eigenvalue weighted by Crippen LogP contribution is 2.51. The van der Waals surface area contributed by atoms with E-state index in [0.29, 0.717) is 5.41 Å². The summed E-state index contributed by atoms with van der Waals surface area (Å²) < 4.78 is 13.1. The number of pyridine rings is 1. The van der Waals surface area contributed by atoms with Crippen molar-refractivity contribution < 1.29 is 14.3 Å². The molecule has 0 N–H and O–H groups in total. The van der Waals surface area contributed by atoms with Gasteiger partial charge in [-0.25, -0.2) is 4.79 Å². The second-order valence-corrected chi connectivity index (χ2v) is 11.7. The lowest BCUT2D eigenvalue weighted by Gasteiger charge is -2.49. The van der Waals surface area contributed by atoms with E-state index in [0.717, 1.165) is 45.8 Å². The normalized spacial score (nSPS) is 18.5. The monoisotopic (exact) mass is 528 g/mol. The average molecular weight is 530 g/mol. The van der Waals surface area contributed by atoms with Crippen LogP contribution in [0.15, 0.2) is 34.8 Å². The van der Waals surface area contributed by atoms with E-state index in [-0.39, 0.29) is 12.6 Å². The molecule has 1 unspecified atom stereocenters. The van der Waals surface area contributed by atoms with Gasteiger partial charge in [-0.3, -0.25) is 4.98 Å². The van der Waals surface area contributed by atoms with Crippen LogP contribution in [-0.4, -0.2) is 29.6 Å². The number of esters is 1. The molecule has 0 amide bonds. The van der Waals surface area contributed by atoms with Gasteiger partial charge in [0.05, 0.1) is 21.5 Å². The van der Waals surface area contributed by atoms with Gasteiger partial charge in [-0.1, -0.05) is 36.8 Å². The molecule has 5 nitrogen and oxygen atoms in total. The fraction of sp³-hybridized carbons (Fsp3) is 0.571. The summed E-state index contributed by atoms with van der Waals surface area (Å²) in [5, 5.41) is 0. The quantitative estimate of drug-likeness (QED) is 0.384. The number of benzene rings is 1. The largest absolute Gasteiger partial charge is 0.459 e. The molecule has 6 heteroatoms. The molecule has 1 spiro atoms. The molecule has 2 aliphatic rings. The molecule has 184 valence electrons. The molecular formula is C28H37BrN2O3. The molecule has 2 aromatic rings. The molecule has 1 aliphatic carbocycles. The predicted octanol–water partition coefficient (Wildman–Crippen LogP) is 6.83. The highest BCUT2D eigenvalue weighted by atomic mass is 79.9. The third-order valence-corrected chi connectivity index (χ3v) is 8.18. The molecule has 1 aromatic heterocycles. The van der Waals surface area contributed by atoms with Crippen molar-refractivity contribution in [1.29, 1.82) is 0 Å². The summed E-state index contributed by atoms with van der Waals surface area (Å²) >= 11 is 3.82. The van der Waals surface area contributed by atoms with Crippen molar-refractivity contribution in [2.45, 2.75) is 85.0 Å². The highest BCUT2D eigenvalue weighted by Gasteiger charge is 2.41. The minimum Gasteiger partial charge on any atom is -0.459 e. The van der Waals surface area contributed by atoms with Gasteiger partial charge in [0.25, 0.3) is 0 Å². The minimum atomic E-state index is -0.859. The predicted molar refractivity (Wildman–Crippen MR) is 139 cm³/mol. The summed E-state index contributed by atoms with van der Waals surface area (Å²) in [4.78, 5) is 20.7. The lowest BCUT2D eigenvalue weighted by Crippen LogP contribution is -2.44. The lowest BCUT2D eigenvalue weighted by atomic mass is 9.63. The number of carbonyl (C=O) groups is 1. The number of piperidine rings is 1. The van der Waals surface area contributed by atoms with Crippen molar-refractivity contribution in [3.8, 4) is 0 Å². The number of aryl methyl sites for hydroxylation is 2. The summed E-state index contributed by atoms with van der Waals surface area (Å²) in [5.41, 5.74) is 4.54. The molecule has 0 bridgehead atoms. The van der Waals surface area contributed by atoms with Gasteiger partial charge in [0.15, 0.2) is 6.10 Å². The molecule has 4 rings (SSSR count). The molecule has 34 heavy (non-hydrogen) atoms. The lowest BCUT2D eigenvalue weighted by molar-refractivity contribution is -0.168. The number of nitrogens with zero attached hydrogens (tertiary/aromatic N) is 2. The second kappa shape index (κ2) is 9.98. The minimum absolute atomic E-state index is 0.213. The summed E-state index contributed by atoms with van der Waals surface area (Å²) in [6.07, 6.45) is 5.60. The first-order chi connectivity index (χ1) is 16.1. The van der Waals surface area contributed by atoms with Crippen molar-refractivity contribution in [1.82, 2.24) is 4.98 Å². The van der Waals surface area contributed by atoms with Crippen molar-refractivity contribution in [3.63, 3.8) is 0 Å². The van der Waals surface area contributed by atoms with Crippen LogP contribution in [0, 0.1) is 19.3 Å². The van der Waals surface area contributed by atoms with Gasteiger partial charge in [0, 0.05) is 24.3 Å². The van der Waals surface area contributed by atoms with E-state index in [2.05, 4.69) is 20.8 Å². The molecule has 0 radical (unpaired) electrons. The van der Waals surface area contributed by atoms with Crippen LogP contribution in [-0.2, 0) is 20.9 Å². The van der Waals surface area contributed by atoms with Gasteiger partial charge >= 0.3 is 5.97 Å². The Morgan fingerprint density at radius 2 is 1.74 bits per heavy atom. The number of rotatable bonds is 6. The molecule has 1 saturated heterocycles. The van der Waals surface area contributed by atoms with E-state index in [1.165, 1.54) is 32.1 Å². The van der Waals surface area contributed by atoms with E-state index >= 15 is 0 Å². The van der Waals surface area contributed by atoms with Crippen LogP contribution in [0.3, 0.4) is 0 Å². The number of hydrogen-bond acceptors (Lipinski definition) is 5. The number of carbonyl (C=O) groups excluding carboxylic acids is 1. The summed E-state index contributed by atoms with van der Waals surface area (Å²) in [5.74, 6) is -0.381. The Morgan fingerprint density at radius 3 is 2.29 bits per heavy atom. The fourth-order valence-electron chi connectivity index (χ4n) is 5.21. The molecular weight excluding hydrogens is 492 g/mol. The van der Waals surface area contributed by atoms with E-state index < -0.39 is 11.7 Å². The van der Waals surface area contributed by atoms with E-state index in [1.54, 1.807) is 0 Å². The van der Waals surface area contributed by atoms with E-state index in [1.807, 2.05) is 65.0 Å². The van der Waals surface area contributed by atoms with Crippen LogP contribution < -0.4 is 4.90 Å². The van der Waals surface area contributed by atoms with Crippen molar-refractivity contribution in [2.24, 2.45) is 5.41 Å². The maximum absolute atomic E-state index is 13.5. The van der Waals surface area contributed by atoms with E-state index in [9.17, 15) is 4.79 Å². The Bertz CT molecular complexity index is 1020. The molecule has 1 atom stereocenters. The van der Waals surface area contributed by atoms with Crippen molar-refractivity contribution in [2.75, 3.05) is 18.0 Å². The Morgan fingerprint density at radius 1 is 1.09 bits per heavy atom. The zero-order chi connectivity index (χ0) is 24.5. The summed E-state index contributed by atoms with van der Waals surface area (Å²) in [6.45, 7) is 12.1. The number of anilines is 1. The maximum atomic E-state index is 13.5. The van der Waals surface area contributed by atoms with Crippen LogP contribution >= 0.6 is 15.9 Å². The van der Waals surface area contributed by atoms with Gasteiger partial charge in [-0.05, 0) is 87.2 Å². The number of halogens is 1. The van der Waals surface area contributed by atoms with Gasteiger partial charge in [-0.15, -0.1) is 0 Å². The smallest absolute Gasteiger partial charge is 0.340 e. The average Bonchev–Trinajstić information content (AvgIpc) is 2.77. The highest BCUT2D eigenvalue weighted by molar-refractivity contribution is 9.10. The molecule has 1 saturated carbocycles. The molecule has 1 aromatic carbocycles. The summed E-state index contributed by atoms with van der Waals surface area (Å²) in [6, 6.07) is 9.76. The maximum Gasteiger partial charge on any atom is 0.340 e. The Balaban J connectivity index is 1.68. The number of hydrogen-bond donors (Lipinski definition) is 0. The van der Waals surface area contributed by atoms with Crippen molar-refractivity contribution >= 4 is 27.6 Å². The first-order valence-corrected chi connectivity index (χ1v) is 13.2. The topological polar surface area (TPSA) is 51.7 Å². The Labute approximate surface area is 212 Å². The fourth-order valence-corrected chi connectivity index (χ4v) is 5.76. The van der Waals surface area contributed by atoms with Crippen molar-refractivity contribution in [3.05, 3.63) is 57.3 Å². The third-order valence-electron chi connectivity index (χ3n) is 7.23. The second-order valence-electron chi connectivity index (χ2n) is 10.9. The zero-order valence-electron chi connectivity index (χ0n) is 21.1. The first-order valence-electron chi connectivity index (χ1n) is 12.4. The van der Waals surface area contributed by atoms with Crippen LogP contribution in [0.5, 0.6) is 0 Å². The SMILES string of the molecule is Cc1nc(C)c(C(OC(C)(C)C)C(=O)OCc2ccccc2)c(N2CCC3(CCC3)CC2)c1Br. The number of ether oxygens (including phenoxy) is 2. The third kappa shape index (κ3) is 5.49. The van der Waals surface area contributed by atoms with Gasteiger partial charge in [-0.2, -0.15) is 0 Å². The Hall–Kier alpha value is -1.92. The Kier molecular flexibility index (Phi) is 7.39. The van der Waals surface area contributed by atoms with Gasteiger partial charge in [0.2, 0.25) is 0 Å². The van der Waals surface area contributed by atoms with Gasteiger partial charge in [0.1, 0.15) is 6.61 Å². The number of aromatic nitrogens is 1. The van der Waals surface area contributed by atoms with Crippen LogP contribution in [0.4, 0.5) is 5.69 Å². The molecule has 2 fully saturated rings. The summed E-state index contributed by atoms with van der Waals surface area (Å²) in [7, 11) is 0. The van der Waals surface area contributed by atoms with Crippen LogP contribution in [0.2, 0.25) is 0 Å². The standard InChI is InChI=1S/C28H37BrN2O3/c1-19-22(25(34-27(3,4)5)26(32)33-18-21-10-7-6-8-11-21)24(23(29)20(2)30-19)31-16-14-28(15-17-31)12-9-13-28/h6-8,10-11,25H,9,12-18H2,1-5H3. The zero-order valence-corrected chi connectivity index (χ0v) is 22.7.